The van der Waals surface area contributed by atoms with Gasteiger partial charge >= 0.3 is 112 Å². The predicted molar refractivity (Wildman–Crippen MR) is 607 cm³/mol. The zero-order chi connectivity index (χ0) is 105. The van der Waals surface area contributed by atoms with Crippen molar-refractivity contribution in [2.45, 2.75) is 533 Å². The van der Waals surface area contributed by atoms with Gasteiger partial charge in [0.25, 0.3) is 0 Å². The Morgan fingerprint density at radius 3 is 0.653 bits per heavy atom. The first-order valence-corrected chi connectivity index (χ1v) is 69.5. The van der Waals surface area contributed by atoms with Gasteiger partial charge in [0.1, 0.15) is 0 Å². The monoisotopic (exact) mass is 2360 g/mol. The number of hydrogen-bond donors (Lipinski definition) is 18. The van der Waals surface area contributed by atoms with Crippen molar-refractivity contribution in [3.05, 3.63) is 117 Å². The fraction of sp³-hybridized carbons (Fsp3) is 0.810. The average molecular weight is 2370 g/mol. The van der Waals surface area contributed by atoms with Crippen molar-refractivity contribution >= 4 is 72.5 Å². The van der Waals surface area contributed by atoms with Gasteiger partial charge in [-0.2, -0.15) is 0 Å². The van der Waals surface area contributed by atoms with Crippen LogP contribution < -0.4 is 85.1 Å². The van der Waals surface area contributed by atoms with E-state index in [1.54, 1.807) is 0 Å². The van der Waals surface area contributed by atoms with Gasteiger partial charge in [0.2, 0.25) is 0 Å². The van der Waals surface area contributed by atoms with E-state index in [2.05, 4.69) is 187 Å². The van der Waals surface area contributed by atoms with E-state index in [-0.39, 0.29) is 92.7 Å². The molecular formula is C116H196Cl6Mn4N20O4. The third-order valence-corrected chi connectivity index (χ3v) is 35.8. The molecule has 24 nitrogen and oxygen atoms in total. The zero-order valence-corrected chi connectivity index (χ0v) is 101. The molecule has 14 unspecified atom stereocenters. The molecule has 10 fully saturated rings. The molecule has 16 aliphatic rings. The molecule has 20 rings (SSSR count). The van der Waals surface area contributed by atoms with Crippen LogP contribution in [0.15, 0.2) is 60.7 Å². The van der Waals surface area contributed by atoms with Crippen molar-refractivity contribution in [3.63, 3.8) is 0 Å². The molecule has 4 aliphatic heterocycles. The van der Waals surface area contributed by atoms with E-state index in [4.69, 9.17) is 90.7 Å². The number of aromatic nitrogens is 4. The van der Waals surface area contributed by atoms with Crippen LogP contribution in [-0.2, 0) is 78.9 Å². The van der Waals surface area contributed by atoms with E-state index in [9.17, 15) is 9.59 Å². The van der Waals surface area contributed by atoms with Gasteiger partial charge < -0.3 is 95.3 Å². The second-order valence-electron chi connectivity index (χ2n) is 46.4. The number of fused-ring (bicyclic) bond motifs is 14. The van der Waals surface area contributed by atoms with Gasteiger partial charge in [-0.05, 0) is 268 Å². The van der Waals surface area contributed by atoms with Crippen molar-refractivity contribution in [2.75, 3.05) is 52.4 Å². The van der Waals surface area contributed by atoms with Crippen LogP contribution >= 0.6 is 60.6 Å². The van der Waals surface area contributed by atoms with E-state index in [0.717, 1.165) is 89.9 Å². The summed E-state index contributed by atoms with van der Waals surface area (Å²) in [5.41, 5.74) is 12.9. The minimum absolute atomic E-state index is 0. The molecular weight excluding hydrogens is 2170 g/mol. The van der Waals surface area contributed by atoms with Gasteiger partial charge in [0.05, 0.1) is 57.6 Å². The molecule has 0 amide bonds. The number of aliphatic carboxylic acids is 2. The number of halogens is 6. The molecule has 854 valence electrons. The molecule has 18 N–H and O–H groups in total. The summed E-state index contributed by atoms with van der Waals surface area (Å²) < 4.78 is 0. The standard InChI is InChI=1S/C27H43N5.3C23H39N5.2C10H18O2.6ClH.4Mn/c1-3-11-22-20(9-1)28-15-16-29-21-10-2-4-12-23(21)31-25-14-6-8-19-17-18-7-5-13-24(30-22)26(18)32-27(19)25;3*1-16-18-12-7-13-19(28-18)17(2)27-23-11-6-4-9-21(23)25-15-14-24-20-8-3-5-10-22(20)26-16;2*11-10(12)8-4-7-9-5-2-1-3-6-9;;;;;;;;;;/h17,20-25,28-31H,1-16H2;3*7,12-13,16-17,20-27H,3-6,8-11,14-15H2,1-2H3;2*9H,1-8H2,(H,11,12);6*1H;;;;/q;;;;;;;;;;;;;3*+2/p-6/t;2*16-,17+,20?,21?,22?,23?;16-,17-,20-,21-,22-,23-;;;;;;;;;;;;/m...1............/s1. The third-order valence-electron chi connectivity index (χ3n) is 35.8. The topological polar surface area (TPSA) is 319 Å². The van der Waals surface area contributed by atoms with Crippen LogP contribution in [0.1, 0.15) is 480 Å². The van der Waals surface area contributed by atoms with E-state index in [0.29, 0.717) is 122 Å². The molecule has 8 bridgehead atoms. The van der Waals surface area contributed by atoms with Gasteiger partial charge in [-0.25, -0.2) is 0 Å². The molecule has 150 heavy (non-hydrogen) atoms. The average Bonchev–Trinajstić information content (AvgIpc) is 0.905. The van der Waals surface area contributed by atoms with E-state index in [1.165, 1.54) is 365 Å². The van der Waals surface area contributed by atoms with Gasteiger partial charge in [0, 0.05) is 215 Å². The predicted octanol–water partition coefficient (Wildman–Crippen LogP) is 23.2. The number of nitrogens with zero attached hydrogens (tertiary/aromatic N) is 4. The van der Waals surface area contributed by atoms with Gasteiger partial charge in [-0.1, -0.05) is 191 Å². The van der Waals surface area contributed by atoms with Gasteiger partial charge in [0.15, 0.2) is 0 Å². The zero-order valence-electron chi connectivity index (χ0n) is 91.9. The van der Waals surface area contributed by atoms with E-state index in [1.807, 2.05) is 0 Å². The van der Waals surface area contributed by atoms with Crippen molar-refractivity contribution in [1.29, 1.82) is 0 Å². The first kappa shape index (κ1) is 129. The first-order chi connectivity index (χ1) is 72.8. The fourth-order valence-corrected chi connectivity index (χ4v) is 27.7. The summed E-state index contributed by atoms with van der Waals surface area (Å²) in [6.45, 7) is 22.1. The Bertz CT molecular complexity index is 3830. The largest absolute Gasteiger partial charge is 0.311 e. The normalized spacial score (nSPS) is 32.7. The van der Waals surface area contributed by atoms with Crippen LogP contribution in [0.3, 0.4) is 0 Å². The Morgan fingerprint density at radius 1 is 0.267 bits per heavy atom. The number of hydrogen-bond acceptors (Lipinski definition) is 22. The second kappa shape index (κ2) is 73.7. The van der Waals surface area contributed by atoms with Crippen molar-refractivity contribution < 1.29 is 76.3 Å². The van der Waals surface area contributed by atoms with Crippen LogP contribution in [0.4, 0.5) is 0 Å². The number of rotatable bonds is 8. The minimum Gasteiger partial charge on any atom is -0.311 e. The SMILES string of the molecule is C[C@@H]1NC2CCCCC2NCCNC2CCCCC2N[C@H](C)c2cccc1n2.C[C@@H]1NC2CCCCC2NCCNC2CCCCC2N[C@H](C)c2cccc1n2.C[C@H]1N[C@@H]2CCCC[C@H]2NCCN[C@@H]2CCCC[C@H]2N[C@H](C)c2cccc1n2.O=C(O)CCCC1CCCCC1.O=C(O)CCCC1CCCCC1.[Cl][Mn][Cl].[Cl][Mn][Cl].[Cl][Mn][Cl].[Mn].c1c2c3nc4c1CCCC4NC1CCCCC1NCCNC1CCCCC1NC3CCC2. The second-order valence-corrected chi connectivity index (χ2v) is 52.3. The maximum Gasteiger partial charge on any atom is 0.0609 e. The molecule has 34 heteroatoms. The van der Waals surface area contributed by atoms with E-state index < -0.39 is 11.9 Å². The molecule has 0 saturated heterocycles. The summed E-state index contributed by atoms with van der Waals surface area (Å²) in [6, 6.07) is 33.8. The fourth-order valence-electron chi connectivity index (χ4n) is 27.7. The number of aryl methyl sites for hydroxylation is 2. The quantitative estimate of drug-likeness (QED) is 0.0729. The Morgan fingerprint density at radius 2 is 0.453 bits per heavy atom. The Kier molecular flexibility index (Phi) is 63.3. The van der Waals surface area contributed by atoms with Crippen LogP contribution in [0.5, 0.6) is 0 Å². The van der Waals surface area contributed by atoms with Crippen LogP contribution in [-0.4, -0.2) is 191 Å². The summed E-state index contributed by atoms with van der Waals surface area (Å²) >= 11 is 0.0208. The number of nitrogens with one attached hydrogen (secondary N) is 16. The molecule has 1 radical (unpaired) electrons. The molecule has 12 aliphatic carbocycles. The number of carbonyl (C=O) groups is 2. The summed E-state index contributed by atoms with van der Waals surface area (Å²) in [6.07, 6.45) is 67.8. The first-order valence-electron chi connectivity index (χ1n) is 59.7. The van der Waals surface area contributed by atoms with Crippen molar-refractivity contribution in [2.24, 2.45) is 11.8 Å². The van der Waals surface area contributed by atoms with Gasteiger partial charge in [-0.3, -0.25) is 29.5 Å². The van der Waals surface area contributed by atoms with Crippen LogP contribution in [0.25, 0.3) is 0 Å². The summed E-state index contributed by atoms with van der Waals surface area (Å²) in [7, 11) is 28.8. The number of carboxylic acids is 2. The molecule has 8 heterocycles. The number of carboxylic acid groups (broad SMARTS) is 2. The third kappa shape index (κ3) is 44.5. The van der Waals surface area contributed by atoms with Crippen LogP contribution in [0.2, 0.25) is 0 Å². The molecule has 0 spiro atoms. The van der Waals surface area contributed by atoms with Gasteiger partial charge in [-0.15, -0.1) is 0 Å². The Balaban J connectivity index is 0.000000172. The number of pyridine rings is 4. The summed E-state index contributed by atoms with van der Waals surface area (Å²) in [5, 5.41) is 79.6. The summed E-state index contributed by atoms with van der Waals surface area (Å²) in [5.74, 6) is 0.368. The molecule has 24 atom stereocenters. The minimum atomic E-state index is -0.647. The Hall–Kier alpha value is -1.28. The molecule has 4 aromatic heterocycles. The van der Waals surface area contributed by atoms with Crippen molar-refractivity contribution in [1.82, 2.24) is 105 Å². The molecule has 4 aromatic rings. The maximum absolute atomic E-state index is 10.2. The maximum atomic E-state index is 10.2. The van der Waals surface area contributed by atoms with E-state index >= 15 is 0 Å². The molecule has 10 saturated carbocycles. The van der Waals surface area contributed by atoms with Crippen molar-refractivity contribution in [3.8, 4) is 0 Å². The van der Waals surface area contributed by atoms with Crippen LogP contribution in [0, 0.1) is 11.8 Å². The molecule has 0 aromatic carbocycles. The Labute approximate surface area is 960 Å². The smallest absolute Gasteiger partial charge is 0.0609 e. The summed E-state index contributed by atoms with van der Waals surface area (Å²) in [4.78, 5) is 41.1.